The summed E-state index contributed by atoms with van der Waals surface area (Å²) in [6.07, 6.45) is 0. The molecule has 4 nitrogen and oxygen atoms in total. The average molecular weight is 289 g/mol. The van der Waals surface area contributed by atoms with Gasteiger partial charge in [-0.25, -0.2) is 13.6 Å². The number of carboxylic acids is 1. The van der Waals surface area contributed by atoms with Crippen LogP contribution in [0.5, 0.6) is 5.75 Å². The summed E-state index contributed by atoms with van der Waals surface area (Å²) in [5.41, 5.74) is 0.0931. The number of nitrogens with zero attached hydrogens (tertiary/aromatic N) is 1. The van der Waals surface area contributed by atoms with Gasteiger partial charge in [0, 0.05) is 11.6 Å². The highest BCUT2D eigenvalue weighted by molar-refractivity contribution is 5.90. The molecule has 0 aliphatic rings. The molecule has 2 aromatic rings. The second kappa shape index (κ2) is 6.01. The van der Waals surface area contributed by atoms with Gasteiger partial charge in [0.1, 0.15) is 29.6 Å². The number of benzene rings is 2. The van der Waals surface area contributed by atoms with Crippen LogP contribution in [0.3, 0.4) is 0 Å². The standard InChI is InChI=1S/C15H9F2NO3/c16-11-2-3-12(15(19)20)14(6-11)21-8-10-5-9(7-18)1-4-13(10)17/h1-6H,8H2,(H,19,20). The molecule has 0 aliphatic heterocycles. The Balaban J connectivity index is 2.26. The van der Waals surface area contributed by atoms with Crippen LogP contribution in [0.1, 0.15) is 21.5 Å². The molecule has 21 heavy (non-hydrogen) atoms. The molecular formula is C15H9F2NO3. The second-order valence-corrected chi connectivity index (χ2v) is 4.15. The third-order valence-corrected chi connectivity index (χ3v) is 2.73. The molecule has 106 valence electrons. The van der Waals surface area contributed by atoms with E-state index >= 15 is 0 Å². The molecule has 0 aromatic heterocycles. The Labute approximate surface area is 118 Å². The molecule has 0 aliphatic carbocycles. The quantitative estimate of drug-likeness (QED) is 0.938. The first-order chi connectivity index (χ1) is 10.0. The van der Waals surface area contributed by atoms with Crippen molar-refractivity contribution in [2.24, 2.45) is 0 Å². The van der Waals surface area contributed by atoms with Crippen molar-refractivity contribution >= 4 is 5.97 Å². The maximum Gasteiger partial charge on any atom is 0.339 e. The summed E-state index contributed by atoms with van der Waals surface area (Å²) in [5, 5.41) is 17.7. The summed E-state index contributed by atoms with van der Waals surface area (Å²) in [6, 6.07) is 8.53. The predicted molar refractivity (Wildman–Crippen MR) is 68.8 cm³/mol. The van der Waals surface area contributed by atoms with Crippen LogP contribution in [0.2, 0.25) is 0 Å². The van der Waals surface area contributed by atoms with Crippen molar-refractivity contribution in [2.75, 3.05) is 0 Å². The van der Waals surface area contributed by atoms with Crippen LogP contribution >= 0.6 is 0 Å². The van der Waals surface area contributed by atoms with Crippen LogP contribution in [0.15, 0.2) is 36.4 Å². The minimum atomic E-state index is -1.28. The summed E-state index contributed by atoms with van der Waals surface area (Å²) in [6.45, 7) is -0.314. The van der Waals surface area contributed by atoms with E-state index in [2.05, 4.69) is 0 Å². The van der Waals surface area contributed by atoms with Crippen LogP contribution in [0, 0.1) is 23.0 Å². The third-order valence-electron chi connectivity index (χ3n) is 2.73. The third kappa shape index (κ3) is 3.34. The summed E-state index contributed by atoms with van der Waals surface area (Å²) in [5.74, 6) is -2.75. The zero-order chi connectivity index (χ0) is 15.4. The zero-order valence-corrected chi connectivity index (χ0v) is 10.6. The SMILES string of the molecule is N#Cc1ccc(F)c(COc2cc(F)ccc2C(=O)O)c1. The van der Waals surface area contributed by atoms with E-state index < -0.39 is 17.6 Å². The predicted octanol–water partition coefficient (Wildman–Crippen LogP) is 3.11. The fourth-order valence-electron chi connectivity index (χ4n) is 1.70. The zero-order valence-electron chi connectivity index (χ0n) is 10.6. The molecule has 0 bridgehead atoms. The van der Waals surface area contributed by atoms with Crippen LogP contribution in [0.4, 0.5) is 8.78 Å². The first kappa shape index (κ1) is 14.5. The van der Waals surface area contributed by atoms with E-state index in [1.54, 1.807) is 0 Å². The Morgan fingerprint density at radius 3 is 2.67 bits per heavy atom. The van der Waals surface area contributed by atoms with E-state index in [4.69, 9.17) is 15.1 Å². The number of ether oxygens (including phenoxy) is 1. The molecule has 0 saturated heterocycles. The average Bonchev–Trinajstić information content (AvgIpc) is 2.46. The number of hydrogen-bond acceptors (Lipinski definition) is 3. The van der Waals surface area contributed by atoms with E-state index in [9.17, 15) is 13.6 Å². The van der Waals surface area contributed by atoms with Gasteiger partial charge in [-0.3, -0.25) is 0 Å². The molecule has 0 fully saturated rings. The Kier molecular flexibility index (Phi) is 4.14. The lowest BCUT2D eigenvalue weighted by molar-refractivity contribution is 0.0691. The first-order valence-electron chi connectivity index (χ1n) is 5.85. The summed E-state index contributed by atoms with van der Waals surface area (Å²) >= 11 is 0. The van der Waals surface area contributed by atoms with E-state index in [0.29, 0.717) is 0 Å². The minimum absolute atomic E-state index is 0.0784. The molecule has 6 heteroatoms. The summed E-state index contributed by atoms with van der Waals surface area (Å²) < 4.78 is 31.9. The molecule has 0 atom stereocenters. The van der Waals surface area contributed by atoms with Gasteiger partial charge in [-0.15, -0.1) is 0 Å². The van der Waals surface area contributed by atoms with E-state index in [1.165, 1.54) is 12.1 Å². The number of nitriles is 1. The Hall–Kier alpha value is -2.94. The maximum atomic E-state index is 13.6. The van der Waals surface area contributed by atoms with Gasteiger partial charge in [0.05, 0.1) is 11.6 Å². The van der Waals surface area contributed by atoms with Crippen LogP contribution in [0.25, 0.3) is 0 Å². The van der Waals surface area contributed by atoms with Crippen molar-refractivity contribution in [2.45, 2.75) is 6.61 Å². The van der Waals surface area contributed by atoms with E-state index in [0.717, 1.165) is 24.3 Å². The molecule has 0 spiro atoms. The molecular weight excluding hydrogens is 280 g/mol. The van der Waals surface area contributed by atoms with Gasteiger partial charge in [0.15, 0.2) is 0 Å². The Morgan fingerprint density at radius 1 is 1.24 bits per heavy atom. The summed E-state index contributed by atoms with van der Waals surface area (Å²) in [7, 11) is 0. The molecule has 0 radical (unpaired) electrons. The monoisotopic (exact) mass is 289 g/mol. The van der Waals surface area contributed by atoms with Crippen LogP contribution < -0.4 is 4.74 Å². The van der Waals surface area contributed by atoms with Crippen molar-refractivity contribution in [3.63, 3.8) is 0 Å². The number of carboxylic acid groups (broad SMARTS) is 1. The fraction of sp³-hybridized carbons (Fsp3) is 0.0667. The minimum Gasteiger partial charge on any atom is -0.488 e. The summed E-state index contributed by atoms with van der Waals surface area (Å²) in [4.78, 5) is 11.0. The maximum absolute atomic E-state index is 13.6. The highest BCUT2D eigenvalue weighted by Crippen LogP contribution is 2.22. The normalized spacial score (nSPS) is 9.95. The topological polar surface area (TPSA) is 70.3 Å². The molecule has 0 heterocycles. The van der Waals surface area contributed by atoms with Crippen molar-refractivity contribution in [1.29, 1.82) is 5.26 Å². The van der Waals surface area contributed by atoms with Gasteiger partial charge >= 0.3 is 5.97 Å². The lowest BCUT2D eigenvalue weighted by atomic mass is 10.1. The molecule has 0 saturated carbocycles. The van der Waals surface area contributed by atoms with Crippen molar-refractivity contribution < 1.29 is 23.4 Å². The number of carbonyl (C=O) groups is 1. The number of hydrogen-bond donors (Lipinski definition) is 1. The van der Waals surface area contributed by atoms with E-state index in [1.807, 2.05) is 6.07 Å². The first-order valence-corrected chi connectivity index (χ1v) is 5.85. The lowest BCUT2D eigenvalue weighted by Gasteiger charge is -2.10. The Bertz CT molecular complexity index is 738. The number of halogens is 2. The van der Waals surface area contributed by atoms with Crippen molar-refractivity contribution in [3.8, 4) is 11.8 Å². The molecule has 1 N–H and O–H groups in total. The lowest BCUT2D eigenvalue weighted by Crippen LogP contribution is -2.05. The second-order valence-electron chi connectivity index (χ2n) is 4.15. The molecule has 0 amide bonds. The highest BCUT2D eigenvalue weighted by Gasteiger charge is 2.13. The number of rotatable bonds is 4. The Morgan fingerprint density at radius 2 is 2.00 bits per heavy atom. The van der Waals surface area contributed by atoms with Gasteiger partial charge in [-0.2, -0.15) is 5.26 Å². The van der Waals surface area contributed by atoms with Gasteiger partial charge < -0.3 is 9.84 Å². The smallest absolute Gasteiger partial charge is 0.339 e. The van der Waals surface area contributed by atoms with Gasteiger partial charge in [0.25, 0.3) is 0 Å². The van der Waals surface area contributed by atoms with Crippen LogP contribution in [-0.2, 0) is 6.61 Å². The number of aromatic carboxylic acids is 1. The van der Waals surface area contributed by atoms with Gasteiger partial charge in [-0.1, -0.05) is 0 Å². The van der Waals surface area contributed by atoms with E-state index in [-0.39, 0.29) is 29.0 Å². The van der Waals surface area contributed by atoms with Gasteiger partial charge in [0.2, 0.25) is 0 Å². The van der Waals surface area contributed by atoms with Crippen molar-refractivity contribution in [1.82, 2.24) is 0 Å². The molecule has 2 aromatic carbocycles. The largest absolute Gasteiger partial charge is 0.488 e. The highest BCUT2D eigenvalue weighted by atomic mass is 19.1. The van der Waals surface area contributed by atoms with Gasteiger partial charge in [-0.05, 0) is 30.3 Å². The molecule has 0 unspecified atom stereocenters. The fourth-order valence-corrected chi connectivity index (χ4v) is 1.70. The van der Waals surface area contributed by atoms with Crippen LogP contribution in [-0.4, -0.2) is 11.1 Å². The molecule has 2 rings (SSSR count). The van der Waals surface area contributed by atoms with Crippen molar-refractivity contribution in [3.05, 3.63) is 64.7 Å².